The molecular formula is C10H9NO2S. The Morgan fingerprint density at radius 1 is 1.36 bits per heavy atom. The maximum atomic E-state index is 11.8. The average Bonchev–Trinajstić information content (AvgIpc) is 2.39. The fourth-order valence-electron chi connectivity index (χ4n) is 1.40. The fraction of sp³-hybridized carbons (Fsp3) is 0.200. The van der Waals surface area contributed by atoms with Gasteiger partial charge in [-0.2, -0.15) is 0 Å². The third kappa shape index (κ3) is 1.53. The van der Waals surface area contributed by atoms with Crippen LogP contribution in [0.25, 0.3) is 0 Å². The number of oxime groups is 1. The van der Waals surface area contributed by atoms with E-state index < -0.39 is 0 Å². The van der Waals surface area contributed by atoms with Gasteiger partial charge in [0, 0.05) is 22.6 Å². The van der Waals surface area contributed by atoms with E-state index in [1.165, 1.54) is 0 Å². The summed E-state index contributed by atoms with van der Waals surface area (Å²) in [5, 5.41) is 11.7. The molecule has 1 N–H and O–H groups in total. The first-order valence-corrected chi connectivity index (χ1v) is 5.29. The van der Waals surface area contributed by atoms with Crippen LogP contribution in [0.4, 0.5) is 0 Å². The number of carbonyl (C=O) groups excluding carboxylic acids is 1. The van der Waals surface area contributed by atoms with Gasteiger partial charge >= 0.3 is 0 Å². The lowest BCUT2D eigenvalue weighted by atomic mass is 10.1. The van der Waals surface area contributed by atoms with Crippen molar-refractivity contribution in [3.63, 3.8) is 0 Å². The van der Waals surface area contributed by atoms with Crippen LogP contribution in [0.15, 0.2) is 34.3 Å². The zero-order chi connectivity index (χ0) is 9.97. The molecule has 1 aromatic rings. The molecular weight excluding hydrogens is 198 g/mol. The van der Waals surface area contributed by atoms with Crippen LogP contribution in [0.2, 0.25) is 0 Å². The maximum Gasteiger partial charge on any atom is 0.211 e. The highest BCUT2D eigenvalue weighted by Gasteiger charge is 2.21. The van der Waals surface area contributed by atoms with E-state index in [0.717, 1.165) is 10.6 Å². The standard InChI is InChI=1S/C10H9NO2S/c12-10-7-3-1-2-4-9(7)14-6-5-8(10)11-13/h1-4,13H,5-6H2. The number of ketones is 1. The Morgan fingerprint density at radius 2 is 2.14 bits per heavy atom. The quantitative estimate of drug-likeness (QED) is 0.524. The van der Waals surface area contributed by atoms with E-state index in [1.807, 2.05) is 18.2 Å². The Balaban J connectivity index is 2.50. The lowest BCUT2D eigenvalue weighted by Crippen LogP contribution is -2.13. The average molecular weight is 207 g/mol. The second-order valence-electron chi connectivity index (χ2n) is 2.97. The smallest absolute Gasteiger partial charge is 0.211 e. The van der Waals surface area contributed by atoms with Gasteiger partial charge in [0.25, 0.3) is 0 Å². The van der Waals surface area contributed by atoms with Crippen LogP contribution in [-0.4, -0.2) is 22.5 Å². The van der Waals surface area contributed by atoms with Gasteiger partial charge in [0.1, 0.15) is 5.71 Å². The summed E-state index contributed by atoms with van der Waals surface area (Å²) >= 11 is 1.62. The van der Waals surface area contributed by atoms with E-state index in [1.54, 1.807) is 17.8 Å². The number of hydrogen-bond donors (Lipinski definition) is 1. The first kappa shape index (κ1) is 9.27. The van der Waals surface area contributed by atoms with E-state index in [-0.39, 0.29) is 11.5 Å². The molecule has 4 heteroatoms. The number of nitrogens with zero attached hydrogens (tertiary/aromatic N) is 1. The van der Waals surface area contributed by atoms with Crippen molar-refractivity contribution in [2.75, 3.05) is 5.75 Å². The van der Waals surface area contributed by atoms with Crippen LogP contribution in [0.5, 0.6) is 0 Å². The number of benzene rings is 1. The predicted molar refractivity (Wildman–Crippen MR) is 55.3 cm³/mol. The topological polar surface area (TPSA) is 49.7 Å². The molecule has 1 aliphatic heterocycles. The minimum atomic E-state index is -0.159. The fourth-order valence-corrected chi connectivity index (χ4v) is 2.41. The Morgan fingerprint density at radius 3 is 2.93 bits per heavy atom. The van der Waals surface area contributed by atoms with Crippen molar-refractivity contribution >= 4 is 23.3 Å². The Labute approximate surface area is 85.8 Å². The van der Waals surface area contributed by atoms with E-state index in [2.05, 4.69) is 5.16 Å². The van der Waals surface area contributed by atoms with Gasteiger partial charge in [-0.1, -0.05) is 17.3 Å². The van der Waals surface area contributed by atoms with Gasteiger partial charge in [0.2, 0.25) is 5.78 Å². The summed E-state index contributed by atoms with van der Waals surface area (Å²) in [5.41, 5.74) is 0.894. The molecule has 0 fully saturated rings. The van der Waals surface area contributed by atoms with Gasteiger partial charge in [0.05, 0.1) is 0 Å². The van der Waals surface area contributed by atoms with Crippen LogP contribution < -0.4 is 0 Å². The Hall–Kier alpha value is -1.29. The molecule has 0 saturated carbocycles. The molecule has 1 aromatic carbocycles. The Kier molecular flexibility index (Phi) is 2.54. The van der Waals surface area contributed by atoms with E-state index >= 15 is 0 Å². The SMILES string of the molecule is O=C1C(=NO)CCSc2ccccc21. The summed E-state index contributed by atoms with van der Waals surface area (Å²) in [7, 11) is 0. The first-order valence-electron chi connectivity index (χ1n) is 4.30. The summed E-state index contributed by atoms with van der Waals surface area (Å²) in [5.74, 6) is 0.621. The number of thioether (sulfide) groups is 1. The number of hydrogen-bond acceptors (Lipinski definition) is 4. The molecule has 1 aliphatic rings. The molecule has 0 unspecified atom stereocenters. The highest BCUT2D eigenvalue weighted by atomic mass is 32.2. The van der Waals surface area contributed by atoms with E-state index in [9.17, 15) is 4.79 Å². The van der Waals surface area contributed by atoms with Crippen LogP contribution in [0.3, 0.4) is 0 Å². The largest absolute Gasteiger partial charge is 0.411 e. The predicted octanol–water partition coefficient (Wildman–Crippen LogP) is 2.20. The zero-order valence-electron chi connectivity index (χ0n) is 7.43. The van der Waals surface area contributed by atoms with Crippen molar-refractivity contribution in [3.8, 4) is 0 Å². The number of fused-ring (bicyclic) bond motifs is 1. The molecule has 3 nitrogen and oxygen atoms in total. The second-order valence-corrected chi connectivity index (χ2v) is 4.11. The lowest BCUT2D eigenvalue weighted by Gasteiger charge is -2.01. The van der Waals surface area contributed by atoms with Gasteiger partial charge in [-0.15, -0.1) is 11.8 Å². The first-order chi connectivity index (χ1) is 6.83. The van der Waals surface area contributed by atoms with Crippen molar-refractivity contribution in [3.05, 3.63) is 29.8 Å². The van der Waals surface area contributed by atoms with Crippen molar-refractivity contribution in [1.82, 2.24) is 0 Å². The number of carbonyl (C=O) groups is 1. The van der Waals surface area contributed by atoms with Gasteiger partial charge in [0.15, 0.2) is 0 Å². The minimum Gasteiger partial charge on any atom is -0.411 e. The van der Waals surface area contributed by atoms with Crippen molar-refractivity contribution in [2.45, 2.75) is 11.3 Å². The van der Waals surface area contributed by atoms with Crippen LogP contribution in [0.1, 0.15) is 16.8 Å². The van der Waals surface area contributed by atoms with Crippen LogP contribution in [-0.2, 0) is 0 Å². The molecule has 0 radical (unpaired) electrons. The van der Waals surface area contributed by atoms with Crippen molar-refractivity contribution in [2.24, 2.45) is 5.16 Å². The molecule has 0 atom stereocenters. The Bertz CT molecular complexity index is 401. The normalized spacial score (nSPS) is 19.1. The molecule has 0 aromatic heterocycles. The van der Waals surface area contributed by atoms with E-state index in [0.29, 0.717) is 12.0 Å². The molecule has 2 rings (SSSR count). The molecule has 72 valence electrons. The second kappa shape index (κ2) is 3.84. The molecule has 0 amide bonds. The zero-order valence-corrected chi connectivity index (χ0v) is 8.25. The number of rotatable bonds is 0. The molecule has 0 bridgehead atoms. The molecule has 14 heavy (non-hydrogen) atoms. The highest BCUT2D eigenvalue weighted by molar-refractivity contribution is 7.99. The third-order valence-electron chi connectivity index (χ3n) is 2.11. The molecule has 1 heterocycles. The summed E-state index contributed by atoms with van der Waals surface area (Å²) in [6.45, 7) is 0. The molecule has 0 spiro atoms. The number of Topliss-reactive ketones (excluding diaryl/α,β-unsaturated/α-hetero) is 1. The van der Waals surface area contributed by atoms with Crippen LogP contribution >= 0.6 is 11.8 Å². The maximum absolute atomic E-state index is 11.8. The summed E-state index contributed by atoms with van der Waals surface area (Å²) < 4.78 is 0. The van der Waals surface area contributed by atoms with Gasteiger partial charge < -0.3 is 5.21 Å². The van der Waals surface area contributed by atoms with Crippen molar-refractivity contribution < 1.29 is 10.0 Å². The molecule has 0 aliphatic carbocycles. The minimum absolute atomic E-state index is 0.159. The van der Waals surface area contributed by atoms with Crippen molar-refractivity contribution in [1.29, 1.82) is 0 Å². The van der Waals surface area contributed by atoms with Gasteiger partial charge in [-0.3, -0.25) is 4.79 Å². The summed E-state index contributed by atoms with van der Waals surface area (Å²) in [6, 6.07) is 7.40. The molecule has 0 saturated heterocycles. The highest BCUT2D eigenvalue weighted by Crippen LogP contribution is 2.27. The van der Waals surface area contributed by atoms with Gasteiger partial charge in [-0.05, 0) is 12.1 Å². The van der Waals surface area contributed by atoms with Gasteiger partial charge in [-0.25, -0.2) is 0 Å². The summed E-state index contributed by atoms with van der Waals surface area (Å²) in [6.07, 6.45) is 0.523. The monoisotopic (exact) mass is 207 g/mol. The third-order valence-corrected chi connectivity index (χ3v) is 3.19. The lowest BCUT2D eigenvalue weighted by molar-refractivity contribution is 0.105. The van der Waals surface area contributed by atoms with Crippen LogP contribution in [0, 0.1) is 0 Å². The summed E-state index contributed by atoms with van der Waals surface area (Å²) in [4.78, 5) is 12.7. The van der Waals surface area contributed by atoms with E-state index in [4.69, 9.17) is 5.21 Å².